The average molecular weight is 564 g/mol. The minimum absolute atomic E-state index is 0. The number of amides is 1. The van der Waals surface area contributed by atoms with Crippen LogP contribution in [0, 0.1) is 0 Å². The Bertz CT molecular complexity index is 982. The number of ether oxygens (including phenoxy) is 2. The van der Waals surface area contributed by atoms with E-state index in [2.05, 4.69) is 33.4 Å². The number of hydrogen-bond acceptors (Lipinski definition) is 4. The van der Waals surface area contributed by atoms with Gasteiger partial charge in [0.05, 0.1) is 0 Å². The minimum atomic E-state index is 0. The van der Waals surface area contributed by atoms with Crippen molar-refractivity contribution < 1.29 is 14.3 Å². The van der Waals surface area contributed by atoms with Crippen molar-refractivity contribution in [2.75, 3.05) is 40.4 Å². The van der Waals surface area contributed by atoms with E-state index in [-0.39, 0.29) is 29.9 Å². The van der Waals surface area contributed by atoms with Crippen LogP contribution in [0.25, 0.3) is 0 Å². The second kappa shape index (κ2) is 12.1. The Morgan fingerprint density at radius 1 is 1.12 bits per heavy atom. The molecule has 33 heavy (non-hydrogen) atoms. The van der Waals surface area contributed by atoms with Gasteiger partial charge < -0.3 is 24.6 Å². The second-order valence-electron chi connectivity index (χ2n) is 8.25. The molecule has 0 atom stereocenters. The molecule has 7 nitrogen and oxygen atoms in total. The highest BCUT2D eigenvalue weighted by atomic mass is 127. The van der Waals surface area contributed by atoms with Crippen molar-refractivity contribution in [2.24, 2.45) is 4.99 Å². The molecule has 0 unspecified atom stereocenters. The lowest BCUT2D eigenvalue weighted by atomic mass is 9.99. The van der Waals surface area contributed by atoms with Crippen molar-refractivity contribution in [2.45, 2.75) is 32.4 Å². The first kappa shape index (κ1) is 25.1. The number of carbonyl (C=O) groups excluding carboxylic acids is 1. The van der Waals surface area contributed by atoms with E-state index in [9.17, 15) is 4.79 Å². The molecule has 0 aliphatic carbocycles. The number of carbonyl (C=O) groups is 1. The summed E-state index contributed by atoms with van der Waals surface area (Å²) < 4.78 is 11.3. The molecule has 0 radical (unpaired) electrons. The van der Waals surface area contributed by atoms with Gasteiger partial charge in [-0.25, -0.2) is 0 Å². The summed E-state index contributed by atoms with van der Waals surface area (Å²) in [5.74, 6) is 2.62. The van der Waals surface area contributed by atoms with Crippen LogP contribution in [0.15, 0.2) is 47.5 Å². The molecule has 0 spiro atoms. The van der Waals surface area contributed by atoms with Gasteiger partial charge in [0.25, 0.3) is 0 Å². The zero-order valence-electron chi connectivity index (χ0n) is 19.4. The standard InChI is InChI=1S/C25H32N4O3.HI/c1-26-25(28(2)17-19-9-10-22-23(16-19)32-15-14-31-22)27-12-5-8-24(30)29-13-11-20-6-3-4-7-21(20)18-29;/h3-4,6-7,9-10,16H,5,8,11-15,17-18H2,1-2H3,(H,26,27);1H. The molecule has 0 aromatic heterocycles. The molecule has 1 amide bonds. The average Bonchev–Trinajstić information content (AvgIpc) is 2.83. The number of aliphatic imine (C=N–C) groups is 1. The van der Waals surface area contributed by atoms with Crippen LogP contribution < -0.4 is 14.8 Å². The quantitative estimate of drug-likeness (QED) is 0.252. The Morgan fingerprint density at radius 3 is 2.67 bits per heavy atom. The normalized spacial score (nSPS) is 14.7. The van der Waals surface area contributed by atoms with Gasteiger partial charge in [-0.05, 0) is 41.7 Å². The molecule has 0 saturated heterocycles. The number of halogens is 1. The smallest absolute Gasteiger partial charge is 0.222 e. The Kier molecular flexibility index (Phi) is 9.22. The predicted molar refractivity (Wildman–Crippen MR) is 140 cm³/mol. The van der Waals surface area contributed by atoms with Crippen LogP contribution in [0.5, 0.6) is 11.5 Å². The van der Waals surface area contributed by atoms with Gasteiger partial charge in [-0.15, -0.1) is 24.0 Å². The zero-order chi connectivity index (χ0) is 22.3. The molecular weight excluding hydrogens is 531 g/mol. The Labute approximate surface area is 213 Å². The highest BCUT2D eigenvalue weighted by molar-refractivity contribution is 14.0. The zero-order valence-corrected chi connectivity index (χ0v) is 21.7. The van der Waals surface area contributed by atoms with E-state index in [0.29, 0.717) is 32.7 Å². The monoisotopic (exact) mass is 564 g/mol. The Hall–Kier alpha value is -2.49. The third-order valence-electron chi connectivity index (χ3n) is 5.93. The van der Waals surface area contributed by atoms with Crippen molar-refractivity contribution in [1.29, 1.82) is 0 Å². The maximum atomic E-state index is 12.7. The molecule has 1 N–H and O–H groups in total. The fourth-order valence-corrected chi connectivity index (χ4v) is 4.23. The SMILES string of the molecule is CN=C(NCCCC(=O)N1CCc2ccccc2C1)N(C)Cc1ccc2c(c1)OCCO2.I. The van der Waals surface area contributed by atoms with Gasteiger partial charge in [0.2, 0.25) is 5.91 Å². The van der Waals surface area contributed by atoms with E-state index in [1.54, 1.807) is 7.05 Å². The first-order valence-electron chi connectivity index (χ1n) is 11.3. The highest BCUT2D eigenvalue weighted by Crippen LogP contribution is 2.31. The number of guanidine groups is 1. The van der Waals surface area contributed by atoms with Gasteiger partial charge in [0.1, 0.15) is 13.2 Å². The molecule has 0 fully saturated rings. The second-order valence-corrected chi connectivity index (χ2v) is 8.25. The summed E-state index contributed by atoms with van der Waals surface area (Å²) in [5, 5.41) is 3.37. The van der Waals surface area contributed by atoms with Crippen molar-refractivity contribution >= 4 is 35.8 Å². The van der Waals surface area contributed by atoms with Crippen LogP contribution in [0.4, 0.5) is 0 Å². The van der Waals surface area contributed by atoms with Gasteiger partial charge >= 0.3 is 0 Å². The summed E-state index contributed by atoms with van der Waals surface area (Å²) in [6.07, 6.45) is 2.25. The number of nitrogens with zero attached hydrogens (tertiary/aromatic N) is 3. The number of nitrogens with one attached hydrogen (secondary N) is 1. The summed E-state index contributed by atoms with van der Waals surface area (Å²) in [4.78, 5) is 21.1. The first-order chi connectivity index (χ1) is 15.6. The molecule has 2 aromatic rings. The number of rotatable bonds is 6. The summed E-state index contributed by atoms with van der Waals surface area (Å²) in [5.41, 5.74) is 3.76. The molecule has 178 valence electrons. The fourth-order valence-electron chi connectivity index (χ4n) is 4.23. The largest absolute Gasteiger partial charge is 0.486 e. The number of fused-ring (bicyclic) bond motifs is 2. The van der Waals surface area contributed by atoms with E-state index in [0.717, 1.165) is 49.0 Å². The van der Waals surface area contributed by atoms with Gasteiger partial charge in [-0.2, -0.15) is 0 Å². The van der Waals surface area contributed by atoms with E-state index in [1.165, 1.54) is 11.1 Å². The molecule has 0 saturated carbocycles. The van der Waals surface area contributed by atoms with Crippen LogP contribution in [0.2, 0.25) is 0 Å². The summed E-state index contributed by atoms with van der Waals surface area (Å²) in [6, 6.07) is 14.4. The predicted octanol–water partition coefficient (Wildman–Crippen LogP) is 3.45. The number of benzene rings is 2. The molecular formula is C25H33IN4O3. The molecule has 8 heteroatoms. The van der Waals surface area contributed by atoms with E-state index in [4.69, 9.17) is 9.47 Å². The minimum Gasteiger partial charge on any atom is -0.486 e. The van der Waals surface area contributed by atoms with Crippen LogP contribution >= 0.6 is 24.0 Å². The lowest BCUT2D eigenvalue weighted by Gasteiger charge is -2.29. The lowest BCUT2D eigenvalue weighted by Crippen LogP contribution is -2.39. The third kappa shape index (κ3) is 6.52. The Balaban J connectivity index is 0.00000306. The van der Waals surface area contributed by atoms with Crippen LogP contribution in [-0.4, -0.2) is 62.1 Å². The number of hydrogen-bond donors (Lipinski definition) is 1. The first-order valence-corrected chi connectivity index (χ1v) is 11.3. The van der Waals surface area contributed by atoms with Gasteiger partial charge in [0.15, 0.2) is 17.5 Å². The summed E-state index contributed by atoms with van der Waals surface area (Å²) in [7, 11) is 3.78. The van der Waals surface area contributed by atoms with E-state index >= 15 is 0 Å². The van der Waals surface area contributed by atoms with E-state index < -0.39 is 0 Å². The van der Waals surface area contributed by atoms with Gasteiger partial charge in [-0.1, -0.05) is 30.3 Å². The fraction of sp³-hybridized carbons (Fsp3) is 0.440. The van der Waals surface area contributed by atoms with Gasteiger partial charge in [0, 0.05) is 46.7 Å². The van der Waals surface area contributed by atoms with Crippen LogP contribution in [-0.2, 0) is 24.3 Å². The third-order valence-corrected chi connectivity index (χ3v) is 5.93. The Morgan fingerprint density at radius 2 is 1.88 bits per heavy atom. The maximum absolute atomic E-state index is 12.7. The van der Waals surface area contributed by atoms with Crippen molar-refractivity contribution in [3.63, 3.8) is 0 Å². The molecule has 2 heterocycles. The molecule has 0 bridgehead atoms. The molecule has 4 rings (SSSR count). The summed E-state index contributed by atoms with van der Waals surface area (Å²) in [6.45, 7) is 4.11. The maximum Gasteiger partial charge on any atom is 0.222 e. The molecule has 2 aliphatic rings. The van der Waals surface area contributed by atoms with Crippen LogP contribution in [0.1, 0.15) is 29.5 Å². The van der Waals surface area contributed by atoms with Crippen molar-refractivity contribution in [3.05, 3.63) is 59.2 Å². The summed E-state index contributed by atoms with van der Waals surface area (Å²) >= 11 is 0. The van der Waals surface area contributed by atoms with E-state index in [1.807, 2.05) is 36.2 Å². The highest BCUT2D eigenvalue weighted by Gasteiger charge is 2.20. The lowest BCUT2D eigenvalue weighted by molar-refractivity contribution is -0.132. The molecule has 2 aliphatic heterocycles. The van der Waals surface area contributed by atoms with Crippen molar-refractivity contribution in [3.8, 4) is 11.5 Å². The topological polar surface area (TPSA) is 66.4 Å². The molecule has 2 aromatic carbocycles. The van der Waals surface area contributed by atoms with Crippen LogP contribution in [0.3, 0.4) is 0 Å². The van der Waals surface area contributed by atoms with Gasteiger partial charge in [-0.3, -0.25) is 9.79 Å². The van der Waals surface area contributed by atoms with Crippen molar-refractivity contribution in [1.82, 2.24) is 15.1 Å².